The molecule has 0 bridgehead atoms. The van der Waals surface area contributed by atoms with Crippen LogP contribution in [-0.2, 0) is 10.3 Å². The van der Waals surface area contributed by atoms with Crippen LogP contribution in [0.15, 0.2) is 48.5 Å². The lowest BCUT2D eigenvalue weighted by Gasteiger charge is -2.27. The van der Waals surface area contributed by atoms with Crippen LogP contribution in [0.5, 0.6) is 0 Å². The Hall–Kier alpha value is -3.09. The summed E-state index contributed by atoms with van der Waals surface area (Å²) in [5.41, 5.74) is 1.08. The summed E-state index contributed by atoms with van der Waals surface area (Å²) in [6, 6.07) is 12.3. The number of amides is 3. The fourth-order valence-corrected chi connectivity index (χ4v) is 2.46. The molecule has 0 aliphatic carbocycles. The number of ether oxygens (including phenoxy) is 1. The summed E-state index contributed by atoms with van der Waals surface area (Å²) < 4.78 is 18.2. The first-order valence-corrected chi connectivity index (χ1v) is 9.05. The molecule has 0 saturated carbocycles. The van der Waals surface area contributed by atoms with Crippen LogP contribution >= 0.6 is 0 Å². The van der Waals surface area contributed by atoms with Gasteiger partial charge >= 0.3 is 12.1 Å². The Bertz CT molecular complexity index is 820. The highest BCUT2D eigenvalue weighted by Gasteiger charge is 2.23. The molecule has 0 aliphatic heterocycles. The maximum Gasteiger partial charge on any atom is 0.411 e. The maximum atomic E-state index is 13.1. The fraction of sp³-hybridized carbons (Fsp3) is 0.333. The molecule has 7 heteroatoms. The van der Waals surface area contributed by atoms with Gasteiger partial charge in [-0.05, 0) is 55.7 Å². The van der Waals surface area contributed by atoms with Gasteiger partial charge in [0, 0.05) is 11.4 Å². The van der Waals surface area contributed by atoms with E-state index in [4.69, 9.17) is 4.74 Å². The van der Waals surface area contributed by atoms with Gasteiger partial charge in [0.05, 0.1) is 12.1 Å². The van der Waals surface area contributed by atoms with Gasteiger partial charge in [0.1, 0.15) is 5.82 Å². The molecular weight excluding hydrogens is 361 g/mol. The van der Waals surface area contributed by atoms with E-state index in [1.807, 2.05) is 27.7 Å². The highest BCUT2D eigenvalue weighted by molar-refractivity contribution is 5.91. The van der Waals surface area contributed by atoms with Crippen LogP contribution in [0.25, 0.3) is 0 Å². The molecule has 2 aromatic carbocycles. The zero-order valence-corrected chi connectivity index (χ0v) is 16.5. The topological polar surface area (TPSA) is 79.5 Å². The first kappa shape index (κ1) is 21.2. The largest absolute Gasteiger partial charge is 0.449 e. The van der Waals surface area contributed by atoms with E-state index in [2.05, 4.69) is 16.0 Å². The van der Waals surface area contributed by atoms with Crippen LogP contribution in [0, 0.1) is 11.7 Å². The molecule has 3 amide bonds. The fourth-order valence-electron chi connectivity index (χ4n) is 2.46. The number of nitrogens with one attached hydrogen (secondary N) is 3. The van der Waals surface area contributed by atoms with E-state index < -0.39 is 17.7 Å². The summed E-state index contributed by atoms with van der Waals surface area (Å²) >= 11 is 0. The van der Waals surface area contributed by atoms with Crippen LogP contribution in [-0.4, -0.2) is 18.7 Å². The summed E-state index contributed by atoms with van der Waals surface area (Å²) in [6.07, 6.45) is -0.548. The van der Waals surface area contributed by atoms with Crippen LogP contribution < -0.4 is 16.0 Å². The molecule has 0 spiro atoms. The first-order valence-electron chi connectivity index (χ1n) is 9.05. The molecule has 0 saturated heterocycles. The van der Waals surface area contributed by atoms with Crippen molar-refractivity contribution in [3.63, 3.8) is 0 Å². The van der Waals surface area contributed by atoms with E-state index in [1.54, 1.807) is 36.4 Å². The van der Waals surface area contributed by atoms with E-state index in [1.165, 1.54) is 12.1 Å². The lowest BCUT2D eigenvalue weighted by atomic mass is 9.94. The predicted molar refractivity (Wildman–Crippen MR) is 108 cm³/mol. The quantitative estimate of drug-likeness (QED) is 0.646. The van der Waals surface area contributed by atoms with Crippen molar-refractivity contribution in [3.05, 3.63) is 59.9 Å². The van der Waals surface area contributed by atoms with Crippen molar-refractivity contribution in [2.24, 2.45) is 5.92 Å². The summed E-state index contributed by atoms with van der Waals surface area (Å²) in [6.45, 7) is 7.86. The molecule has 6 nitrogen and oxygen atoms in total. The molecule has 2 rings (SSSR count). The zero-order valence-electron chi connectivity index (χ0n) is 16.5. The standard InChI is InChI=1S/C21H26FN3O3/c1-14(2)13-28-20(27)24-18-7-5-6-17(12-18)23-19(26)25-21(3,4)15-8-10-16(22)11-9-15/h5-12,14H,13H2,1-4H3,(H,24,27)(H2,23,25,26). The van der Waals surface area contributed by atoms with Crippen LogP contribution in [0.4, 0.5) is 25.4 Å². The van der Waals surface area contributed by atoms with Gasteiger partial charge in [0.15, 0.2) is 0 Å². The van der Waals surface area contributed by atoms with E-state index >= 15 is 0 Å². The maximum absolute atomic E-state index is 13.1. The van der Waals surface area contributed by atoms with Gasteiger partial charge in [-0.25, -0.2) is 14.0 Å². The van der Waals surface area contributed by atoms with Gasteiger partial charge < -0.3 is 15.4 Å². The van der Waals surface area contributed by atoms with Crippen molar-refractivity contribution in [2.75, 3.05) is 17.2 Å². The summed E-state index contributed by atoms with van der Waals surface area (Å²) in [5, 5.41) is 8.20. The number of hydrogen-bond donors (Lipinski definition) is 3. The van der Waals surface area contributed by atoms with Crippen molar-refractivity contribution in [3.8, 4) is 0 Å². The average molecular weight is 387 g/mol. The third-order valence-electron chi connectivity index (χ3n) is 3.91. The Balaban J connectivity index is 1.96. The number of carbonyl (C=O) groups excluding carboxylic acids is 2. The molecule has 3 N–H and O–H groups in total. The zero-order chi connectivity index (χ0) is 20.7. The number of rotatable bonds is 6. The Labute approximate surface area is 164 Å². The molecule has 0 heterocycles. The van der Waals surface area contributed by atoms with Crippen LogP contribution in [0.3, 0.4) is 0 Å². The van der Waals surface area contributed by atoms with E-state index in [0.29, 0.717) is 18.0 Å². The van der Waals surface area contributed by atoms with Gasteiger partial charge in [-0.3, -0.25) is 5.32 Å². The number of hydrogen-bond acceptors (Lipinski definition) is 3. The molecule has 150 valence electrons. The second-order valence-electron chi connectivity index (χ2n) is 7.41. The van der Waals surface area contributed by atoms with Crippen molar-refractivity contribution >= 4 is 23.5 Å². The van der Waals surface area contributed by atoms with Crippen molar-refractivity contribution < 1.29 is 18.7 Å². The monoisotopic (exact) mass is 387 g/mol. The summed E-state index contributed by atoms with van der Waals surface area (Å²) in [7, 11) is 0. The van der Waals surface area contributed by atoms with Gasteiger partial charge in [-0.15, -0.1) is 0 Å². The van der Waals surface area contributed by atoms with Gasteiger partial charge in [-0.2, -0.15) is 0 Å². The normalized spacial score (nSPS) is 11.1. The van der Waals surface area contributed by atoms with E-state index in [9.17, 15) is 14.0 Å². The van der Waals surface area contributed by atoms with Crippen molar-refractivity contribution in [1.29, 1.82) is 0 Å². The molecule has 0 radical (unpaired) electrons. The number of carbonyl (C=O) groups is 2. The molecule has 2 aromatic rings. The lowest BCUT2D eigenvalue weighted by Crippen LogP contribution is -2.43. The molecule has 0 aromatic heterocycles. The average Bonchev–Trinajstić information content (AvgIpc) is 2.60. The van der Waals surface area contributed by atoms with Gasteiger partial charge in [-0.1, -0.05) is 32.0 Å². The summed E-state index contributed by atoms with van der Waals surface area (Å²) in [4.78, 5) is 24.1. The second kappa shape index (κ2) is 9.21. The third-order valence-corrected chi connectivity index (χ3v) is 3.91. The molecule has 28 heavy (non-hydrogen) atoms. The van der Waals surface area contributed by atoms with E-state index in [-0.39, 0.29) is 11.7 Å². The molecule has 0 unspecified atom stereocenters. The van der Waals surface area contributed by atoms with Gasteiger partial charge in [0.2, 0.25) is 0 Å². The minimum atomic E-state index is -0.700. The SMILES string of the molecule is CC(C)COC(=O)Nc1cccc(NC(=O)NC(C)(C)c2ccc(F)cc2)c1. The number of benzene rings is 2. The number of urea groups is 1. The Morgan fingerprint density at radius 2 is 1.64 bits per heavy atom. The minimum Gasteiger partial charge on any atom is -0.449 e. The van der Waals surface area contributed by atoms with Crippen molar-refractivity contribution in [1.82, 2.24) is 5.32 Å². The lowest BCUT2D eigenvalue weighted by molar-refractivity contribution is 0.147. The highest BCUT2D eigenvalue weighted by atomic mass is 19.1. The number of anilines is 2. The molecule has 0 aliphatic rings. The van der Waals surface area contributed by atoms with Crippen molar-refractivity contribution in [2.45, 2.75) is 33.2 Å². The smallest absolute Gasteiger partial charge is 0.411 e. The minimum absolute atomic E-state index is 0.243. The second-order valence-corrected chi connectivity index (χ2v) is 7.41. The van der Waals surface area contributed by atoms with Crippen LogP contribution in [0.1, 0.15) is 33.3 Å². The Kier molecular flexibility index (Phi) is 6.98. The van der Waals surface area contributed by atoms with E-state index in [0.717, 1.165) is 5.56 Å². The highest BCUT2D eigenvalue weighted by Crippen LogP contribution is 2.21. The summed E-state index contributed by atoms with van der Waals surface area (Å²) in [5.74, 6) is -0.0906. The number of halogens is 1. The van der Waals surface area contributed by atoms with Crippen LogP contribution in [0.2, 0.25) is 0 Å². The first-order chi connectivity index (χ1) is 13.2. The third kappa shape index (κ3) is 6.57. The predicted octanol–water partition coefficient (Wildman–Crippen LogP) is 5.09. The molecule has 0 atom stereocenters. The Morgan fingerprint density at radius 1 is 1.04 bits per heavy atom. The Morgan fingerprint density at radius 3 is 2.25 bits per heavy atom. The van der Waals surface area contributed by atoms with Gasteiger partial charge in [0.25, 0.3) is 0 Å². The molecule has 0 fully saturated rings. The molecular formula is C21H26FN3O3.